The Morgan fingerprint density at radius 1 is 1.06 bits per heavy atom. The number of aromatic amines is 1. The fraction of sp³-hybridized carbons (Fsp3) is 0.308. The lowest BCUT2D eigenvalue weighted by atomic mass is 9.89. The first-order valence-corrected chi connectivity index (χ1v) is 18.3. The van der Waals surface area contributed by atoms with Gasteiger partial charge in [-0.05, 0) is 109 Å². The molecular weight excluding hydrogens is 668 g/mol. The Hall–Kier alpha value is -5.36. The Balaban J connectivity index is 1.15. The molecule has 2 N–H and O–H groups in total. The smallest absolute Gasteiger partial charge is 0.439 e. The van der Waals surface area contributed by atoms with Crippen molar-refractivity contribution in [3.05, 3.63) is 110 Å². The van der Waals surface area contributed by atoms with E-state index in [0.717, 1.165) is 87.6 Å². The first-order valence-electron chi connectivity index (χ1n) is 17.5. The molecule has 1 saturated heterocycles. The van der Waals surface area contributed by atoms with E-state index < -0.39 is 5.76 Å². The highest BCUT2D eigenvalue weighted by Crippen LogP contribution is 2.51. The van der Waals surface area contributed by atoms with Gasteiger partial charge in [-0.25, -0.2) is 14.2 Å². The van der Waals surface area contributed by atoms with E-state index in [4.69, 9.17) is 19.2 Å². The number of fused-ring (bicyclic) bond motifs is 6. The molecule has 4 aromatic heterocycles. The van der Waals surface area contributed by atoms with Crippen molar-refractivity contribution in [2.24, 2.45) is 0 Å². The maximum atomic E-state index is 14.3. The monoisotopic (exact) mass is 700 g/mol. The Labute approximate surface area is 295 Å². The number of hydrogen-bond acceptors (Lipinski definition) is 9. The Kier molecular flexibility index (Phi) is 6.92. The van der Waals surface area contributed by atoms with Gasteiger partial charge in [0.2, 0.25) is 0 Å². The minimum Gasteiger partial charge on any atom is -0.496 e. The van der Waals surface area contributed by atoms with Gasteiger partial charge in [0.1, 0.15) is 17.4 Å². The average molecular weight is 701 g/mol. The van der Waals surface area contributed by atoms with E-state index in [0.29, 0.717) is 29.7 Å². The lowest BCUT2D eigenvalue weighted by Gasteiger charge is -2.19. The van der Waals surface area contributed by atoms with Crippen molar-refractivity contribution in [3.8, 4) is 27.6 Å². The molecule has 2 aliphatic heterocycles. The summed E-state index contributed by atoms with van der Waals surface area (Å²) >= 11 is 1.56. The van der Waals surface area contributed by atoms with Crippen LogP contribution in [0.1, 0.15) is 87.7 Å². The van der Waals surface area contributed by atoms with Gasteiger partial charge in [0.25, 0.3) is 5.91 Å². The van der Waals surface area contributed by atoms with Crippen molar-refractivity contribution in [1.29, 1.82) is 0 Å². The molecule has 0 saturated carbocycles. The second-order valence-electron chi connectivity index (χ2n) is 13.9. The predicted octanol–water partition coefficient (Wildman–Crippen LogP) is 7.51. The van der Waals surface area contributed by atoms with E-state index in [2.05, 4.69) is 27.6 Å². The van der Waals surface area contributed by atoms with Crippen LogP contribution in [0.5, 0.6) is 5.75 Å². The van der Waals surface area contributed by atoms with Crippen LogP contribution < -0.4 is 15.8 Å². The number of aromatic nitrogens is 4. The van der Waals surface area contributed by atoms with Crippen molar-refractivity contribution in [1.82, 2.24) is 25.0 Å². The second-order valence-corrected chi connectivity index (χ2v) is 15.0. The number of thiophene rings is 1. The molecule has 6 heterocycles. The third kappa shape index (κ3) is 4.76. The van der Waals surface area contributed by atoms with Crippen molar-refractivity contribution in [2.75, 3.05) is 19.0 Å². The number of benzene rings is 2. The molecule has 0 unspecified atom stereocenters. The van der Waals surface area contributed by atoms with Gasteiger partial charge in [0.15, 0.2) is 5.82 Å². The Bertz CT molecular complexity index is 2470. The molecule has 0 bridgehead atoms. The highest BCUT2D eigenvalue weighted by Gasteiger charge is 2.45. The van der Waals surface area contributed by atoms with Gasteiger partial charge < -0.3 is 15.0 Å². The summed E-state index contributed by atoms with van der Waals surface area (Å²) in [6, 6.07) is 15.2. The molecule has 1 amide bonds. The summed E-state index contributed by atoms with van der Waals surface area (Å²) in [5, 5.41) is 8.89. The van der Waals surface area contributed by atoms with E-state index in [1.165, 1.54) is 17.2 Å². The average Bonchev–Trinajstić information content (AvgIpc) is 3.99. The lowest BCUT2D eigenvalue weighted by molar-refractivity contribution is 0.0776. The molecule has 2 aliphatic carbocycles. The predicted molar refractivity (Wildman–Crippen MR) is 191 cm³/mol. The summed E-state index contributed by atoms with van der Waals surface area (Å²) in [5.74, 6) is 1.02. The third-order valence-electron chi connectivity index (χ3n) is 11.2. The summed E-state index contributed by atoms with van der Waals surface area (Å²) < 4.78 is 25.9. The topological polar surface area (TPSA) is 126 Å². The lowest BCUT2D eigenvalue weighted by Crippen LogP contribution is -2.22. The number of nitrogens with zero attached hydrogens (tertiary/aromatic N) is 4. The largest absolute Gasteiger partial charge is 0.496 e. The van der Waals surface area contributed by atoms with Crippen molar-refractivity contribution < 1.29 is 18.4 Å². The number of hydrogen-bond donors (Lipinski definition) is 2. The van der Waals surface area contributed by atoms with Gasteiger partial charge in [0, 0.05) is 23.2 Å². The first kappa shape index (κ1) is 30.5. The van der Waals surface area contributed by atoms with Crippen LogP contribution in [0, 0.1) is 5.82 Å². The molecule has 256 valence electrons. The molecular formula is C39H33FN6O4S. The number of anilines is 1. The van der Waals surface area contributed by atoms with Gasteiger partial charge in [0.05, 0.1) is 46.4 Å². The second kappa shape index (κ2) is 11.6. The minimum atomic E-state index is -0.684. The van der Waals surface area contributed by atoms with E-state index in [1.807, 2.05) is 35.4 Å². The van der Waals surface area contributed by atoms with E-state index in [-0.39, 0.29) is 35.6 Å². The zero-order valence-corrected chi connectivity index (χ0v) is 28.6. The molecule has 6 aromatic rings. The van der Waals surface area contributed by atoms with Gasteiger partial charge in [-0.3, -0.25) is 19.3 Å². The molecule has 4 aliphatic rings. The molecule has 2 aromatic carbocycles. The number of halogens is 1. The van der Waals surface area contributed by atoms with Crippen molar-refractivity contribution >= 4 is 33.1 Å². The van der Waals surface area contributed by atoms with Crippen LogP contribution in [0.4, 0.5) is 10.2 Å². The summed E-state index contributed by atoms with van der Waals surface area (Å²) in [6.45, 7) is 0.671. The zero-order valence-electron chi connectivity index (χ0n) is 27.8. The molecule has 0 spiro atoms. The fourth-order valence-electron chi connectivity index (χ4n) is 8.97. The van der Waals surface area contributed by atoms with Crippen molar-refractivity contribution in [3.63, 3.8) is 0 Å². The van der Waals surface area contributed by atoms with E-state index in [9.17, 15) is 14.0 Å². The van der Waals surface area contributed by atoms with Crippen LogP contribution in [0.2, 0.25) is 0 Å². The van der Waals surface area contributed by atoms with Crippen LogP contribution >= 0.6 is 11.3 Å². The minimum absolute atomic E-state index is 0.0548. The molecule has 10 rings (SSSR count). The number of H-pyrrole nitrogens is 1. The Morgan fingerprint density at radius 2 is 1.98 bits per heavy atom. The van der Waals surface area contributed by atoms with E-state index in [1.54, 1.807) is 24.5 Å². The molecule has 0 radical (unpaired) electrons. The third-order valence-corrected chi connectivity index (χ3v) is 12.4. The molecule has 3 atom stereocenters. The molecule has 1 fully saturated rings. The number of ether oxygens (including phenoxy) is 1. The van der Waals surface area contributed by atoms with Crippen LogP contribution in [0.25, 0.3) is 31.9 Å². The van der Waals surface area contributed by atoms with Gasteiger partial charge in [-0.15, -0.1) is 11.3 Å². The van der Waals surface area contributed by atoms with Crippen LogP contribution in [-0.4, -0.2) is 44.6 Å². The van der Waals surface area contributed by atoms with Gasteiger partial charge >= 0.3 is 5.76 Å². The number of aryl methyl sites for hydroxylation is 1. The molecule has 10 nitrogen and oxygen atoms in total. The summed E-state index contributed by atoms with van der Waals surface area (Å²) in [4.78, 5) is 42.4. The van der Waals surface area contributed by atoms with Crippen LogP contribution in [0.3, 0.4) is 0 Å². The number of nitrogens with one attached hydrogen (secondary N) is 2. The summed E-state index contributed by atoms with van der Waals surface area (Å²) in [5.41, 5.74) is 7.92. The maximum Gasteiger partial charge on any atom is 0.439 e. The molecule has 51 heavy (non-hydrogen) atoms. The first-order chi connectivity index (χ1) is 24.9. The van der Waals surface area contributed by atoms with Crippen LogP contribution in [-0.2, 0) is 19.3 Å². The highest BCUT2D eigenvalue weighted by atomic mass is 32.1. The SMILES string of the molecule is COc1cccc2c1CC[C@@H]2Nc1nccc2cc(-c3c4c(nc(C[C@H]5CCc6cc(F)ccc65)c3-c3noc(=O)[nH]3)[C@@H]3CCCN3C4=O)sc12. The van der Waals surface area contributed by atoms with Gasteiger partial charge in [-0.1, -0.05) is 23.4 Å². The number of pyridine rings is 2. The highest BCUT2D eigenvalue weighted by molar-refractivity contribution is 7.23. The normalized spacial score (nSPS) is 20.2. The number of rotatable bonds is 7. The zero-order chi connectivity index (χ0) is 34.4. The Morgan fingerprint density at radius 3 is 2.84 bits per heavy atom. The van der Waals surface area contributed by atoms with Crippen molar-refractivity contribution in [2.45, 2.75) is 62.9 Å². The van der Waals surface area contributed by atoms with Gasteiger partial charge in [-0.2, -0.15) is 0 Å². The summed E-state index contributed by atoms with van der Waals surface area (Å²) in [6.07, 6.45) is 7.55. The van der Waals surface area contributed by atoms with Crippen LogP contribution in [0.15, 0.2) is 64.0 Å². The molecule has 12 heteroatoms. The number of amides is 1. The number of methoxy groups -OCH3 is 1. The van der Waals surface area contributed by atoms with E-state index >= 15 is 0 Å². The fourth-order valence-corrected chi connectivity index (χ4v) is 10.1. The number of carbonyl (C=O) groups excluding carboxylic acids is 1. The number of carbonyl (C=O) groups is 1. The standard InChI is InChI=1S/C39H33FN6O4S/c1-49-29-6-2-4-24-25(29)11-12-26(24)43-37-35-21(13-14-41-37)18-30(51-35)32-31(36-44-39(48)50-45-36)27(17-20-8-7-19-16-22(40)9-10-23(19)20)42-34-28-5-3-15-46(28)38(47)33(32)34/h2,4,6,9-10,13-14,16,18,20,26,28H,3,5,7-8,11-12,15,17H2,1H3,(H,41,43)(H,44,45,48)/t20-,26+,28+/m1/s1. The summed E-state index contributed by atoms with van der Waals surface area (Å²) in [7, 11) is 1.71. The maximum absolute atomic E-state index is 14.3. The quantitative estimate of drug-likeness (QED) is 0.175.